The SMILES string of the molecule is CC(C)(C)OC(=O)c1cc(S(N)(=O)=O)cn1C1CCCC1. The second kappa shape index (κ2) is 5.46. The summed E-state index contributed by atoms with van der Waals surface area (Å²) in [4.78, 5) is 12.3. The molecule has 0 saturated heterocycles. The molecule has 6 nitrogen and oxygen atoms in total. The maximum Gasteiger partial charge on any atom is 0.355 e. The van der Waals surface area contributed by atoms with Crippen molar-refractivity contribution in [3.8, 4) is 0 Å². The zero-order valence-corrected chi connectivity index (χ0v) is 13.4. The molecular formula is C14H22N2O4S. The Balaban J connectivity index is 2.42. The molecule has 0 aliphatic heterocycles. The van der Waals surface area contributed by atoms with Crippen molar-refractivity contribution in [3.63, 3.8) is 0 Å². The summed E-state index contributed by atoms with van der Waals surface area (Å²) >= 11 is 0. The summed E-state index contributed by atoms with van der Waals surface area (Å²) < 4.78 is 30.1. The van der Waals surface area contributed by atoms with Gasteiger partial charge in [-0.2, -0.15) is 0 Å². The van der Waals surface area contributed by atoms with E-state index in [1.54, 1.807) is 25.3 Å². The van der Waals surface area contributed by atoms with Crippen LogP contribution in [0.1, 0.15) is 63.0 Å². The molecule has 0 bridgehead atoms. The van der Waals surface area contributed by atoms with E-state index in [9.17, 15) is 13.2 Å². The first-order chi connectivity index (χ1) is 9.58. The molecule has 0 amide bonds. The van der Waals surface area contributed by atoms with Crippen molar-refractivity contribution in [3.05, 3.63) is 18.0 Å². The third-order valence-electron chi connectivity index (χ3n) is 3.48. The van der Waals surface area contributed by atoms with E-state index >= 15 is 0 Å². The van der Waals surface area contributed by atoms with Gasteiger partial charge in [0.1, 0.15) is 16.2 Å². The van der Waals surface area contributed by atoms with Crippen LogP contribution in [0.5, 0.6) is 0 Å². The maximum absolute atomic E-state index is 12.3. The van der Waals surface area contributed by atoms with Crippen molar-refractivity contribution in [2.75, 3.05) is 0 Å². The highest BCUT2D eigenvalue weighted by molar-refractivity contribution is 7.89. The van der Waals surface area contributed by atoms with Gasteiger partial charge in [0.15, 0.2) is 0 Å². The molecule has 0 spiro atoms. The Morgan fingerprint density at radius 1 is 1.33 bits per heavy atom. The molecule has 0 aromatic carbocycles. The van der Waals surface area contributed by atoms with Crippen LogP contribution >= 0.6 is 0 Å². The van der Waals surface area contributed by atoms with Gasteiger partial charge < -0.3 is 9.30 Å². The lowest BCUT2D eigenvalue weighted by Gasteiger charge is -2.21. The Bertz CT molecular complexity index is 634. The Hall–Kier alpha value is -1.34. The van der Waals surface area contributed by atoms with Crippen LogP contribution in [0, 0.1) is 0 Å². The summed E-state index contributed by atoms with van der Waals surface area (Å²) in [5.41, 5.74) is -0.385. The molecule has 7 heteroatoms. The normalized spacial score (nSPS) is 17.1. The molecule has 118 valence electrons. The fourth-order valence-electron chi connectivity index (χ4n) is 2.59. The number of nitrogens with zero attached hydrogens (tertiary/aromatic N) is 1. The van der Waals surface area contributed by atoms with Crippen molar-refractivity contribution in [2.45, 2.75) is 63.0 Å². The summed E-state index contributed by atoms with van der Waals surface area (Å²) in [5.74, 6) is -0.524. The Kier molecular flexibility index (Phi) is 4.17. The lowest BCUT2D eigenvalue weighted by molar-refractivity contribution is 0.00556. The number of aromatic nitrogens is 1. The van der Waals surface area contributed by atoms with Gasteiger partial charge in [-0.15, -0.1) is 0 Å². The van der Waals surface area contributed by atoms with Gasteiger partial charge in [-0.1, -0.05) is 12.8 Å². The molecule has 1 heterocycles. The van der Waals surface area contributed by atoms with Crippen LogP contribution in [0.2, 0.25) is 0 Å². The average molecular weight is 314 g/mol. The number of ether oxygens (including phenoxy) is 1. The highest BCUT2D eigenvalue weighted by atomic mass is 32.2. The molecule has 1 aliphatic rings. The predicted octanol–water partition coefficient (Wildman–Crippen LogP) is 2.21. The zero-order valence-electron chi connectivity index (χ0n) is 12.6. The van der Waals surface area contributed by atoms with Crippen molar-refractivity contribution in [1.29, 1.82) is 0 Å². The number of nitrogens with two attached hydrogens (primary N) is 1. The van der Waals surface area contributed by atoms with E-state index in [1.165, 1.54) is 12.3 Å². The van der Waals surface area contributed by atoms with E-state index in [1.807, 2.05) is 0 Å². The van der Waals surface area contributed by atoms with Crippen molar-refractivity contribution in [1.82, 2.24) is 4.57 Å². The number of hydrogen-bond donors (Lipinski definition) is 1. The fourth-order valence-corrected chi connectivity index (χ4v) is 3.12. The van der Waals surface area contributed by atoms with Gasteiger partial charge in [0.05, 0.1) is 0 Å². The third-order valence-corrected chi connectivity index (χ3v) is 4.36. The molecule has 1 fully saturated rings. The van der Waals surface area contributed by atoms with E-state index < -0.39 is 21.6 Å². The van der Waals surface area contributed by atoms with Gasteiger partial charge in [0.25, 0.3) is 0 Å². The number of carbonyl (C=O) groups excluding carboxylic acids is 1. The molecule has 0 atom stereocenters. The molecule has 0 radical (unpaired) electrons. The van der Waals surface area contributed by atoms with Crippen LogP contribution in [0.4, 0.5) is 0 Å². The van der Waals surface area contributed by atoms with Crippen LogP contribution in [-0.4, -0.2) is 24.6 Å². The van der Waals surface area contributed by atoms with Crippen LogP contribution in [0.25, 0.3) is 0 Å². The predicted molar refractivity (Wildman–Crippen MR) is 78.5 cm³/mol. The second-order valence-electron chi connectivity index (χ2n) is 6.45. The topological polar surface area (TPSA) is 91.4 Å². The first-order valence-corrected chi connectivity index (χ1v) is 8.60. The lowest BCUT2D eigenvalue weighted by Crippen LogP contribution is -2.26. The molecule has 1 aromatic rings. The van der Waals surface area contributed by atoms with Crippen LogP contribution in [-0.2, 0) is 14.8 Å². The maximum atomic E-state index is 12.3. The summed E-state index contributed by atoms with van der Waals surface area (Å²) in [6, 6.07) is 1.44. The third kappa shape index (κ3) is 3.85. The number of sulfonamides is 1. The van der Waals surface area contributed by atoms with Gasteiger partial charge in [0, 0.05) is 12.2 Å². The molecule has 2 N–H and O–H groups in total. The molecule has 0 unspecified atom stereocenters. The minimum Gasteiger partial charge on any atom is -0.455 e. The van der Waals surface area contributed by atoms with E-state index in [0.717, 1.165) is 25.7 Å². The largest absolute Gasteiger partial charge is 0.455 e. The van der Waals surface area contributed by atoms with Crippen molar-refractivity contribution >= 4 is 16.0 Å². The molecule has 1 saturated carbocycles. The van der Waals surface area contributed by atoms with Gasteiger partial charge in [-0.25, -0.2) is 18.4 Å². The van der Waals surface area contributed by atoms with E-state index in [4.69, 9.17) is 9.88 Å². The summed E-state index contributed by atoms with van der Waals surface area (Å²) in [5, 5.41) is 5.17. The van der Waals surface area contributed by atoms with E-state index in [0.29, 0.717) is 0 Å². The zero-order chi connectivity index (χ0) is 15.8. The molecule has 1 aromatic heterocycles. The Morgan fingerprint density at radius 2 is 1.90 bits per heavy atom. The van der Waals surface area contributed by atoms with E-state index in [2.05, 4.69) is 0 Å². The quantitative estimate of drug-likeness (QED) is 0.866. The number of carbonyl (C=O) groups is 1. The van der Waals surface area contributed by atoms with Gasteiger partial charge in [-0.3, -0.25) is 0 Å². The summed E-state index contributed by atoms with van der Waals surface area (Å²) in [7, 11) is -3.84. The summed E-state index contributed by atoms with van der Waals surface area (Å²) in [6.45, 7) is 5.32. The first-order valence-electron chi connectivity index (χ1n) is 7.06. The number of hydrogen-bond acceptors (Lipinski definition) is 4. The molecule has 21 heavy (non-hydrogen) atoms. The number of rotatable bonds is 3. The van der Waals surface area contributed by atoms with Crippen LogP contribution in [0.15, 0.2) is 17.2 Å². The smallest absolute Gasteiger partial charge is 0.355 e. The van der Waals surface area contributed by atoms with Crippen LogP contribution in [0.3, 0.4) is 0 Å². The highest BCUT2D eigenvalue weighted by Crippen LogP contribution is 2.32. The standard InChI is InChI=1S/C14H22N2O4S/c1-14(2,3)20-13(17)12-8-11(21(15,18)19)9-16(12)10-6-4-5-7-10/h8-10H,4-7H2,1-3H3,(H2,15,18,19). The molecular weight excluding hydrogens is 292 g/mol. The van der Waals surface area contributed by atoms with Crippen LogP contribution < -0.4 is 5.14 Å². The van der Waals surface area contributed by atoms with Crippen molar-refractivity contribution < 1.29 is 17.9 Å². The molecule has 2 rings (SSSR count). The number of esters is 1. The van der Waals surface area contributed by atoms with E-state index in [-0.39, 0.29) is 16.6 Å². The monoisotopic (exact) mass is 314 g/mol. The number of primary sulfonamides is 1. The fraction of sp³-hybridized carbons (Fsp3) is 0.643. The highest BCUT2D eigenvalue weighted by Gasteiger charge is 2.28. The van der Waals surface area contributed by atoms with Gasteiger partial charge >= 0.3 is 5.97 Å². The first kappa shape index (κ1) is 16.0. The minimum absolute atomic E-state index is 0.0461. The van der Waals surface area contributed by atoms with Gasteiger partial charge in [0.2, 0.25) is 10.0 Å². The van der Waals surface area contributed by atoms with Gasteiger partial charge in [-0.05, 0) is 39.7 Å². The second-order valence-corrected chi connectivity index (χ2v) is 8.01. The Morgan fingerprint density at radius 3 is 2.38 bits per heavy atom. The minimum atomic E-state index is -3.84. The average Bonchev–Trinajstić information content (AvgIpc) is 2.94. The molecule has 1 aliphatic carbocycles. The lowest BCUT2D eigenvalue weighted by atomic mass is 10.2. The Labute approximate surface area is 125 Å². The van der Waals surface area contributed by atoms with Crippen molar-refractivity contribution in [2.24, 2.45) is 5.14 Å². The summed E-state index contributed by atoms with van der Waals surface area (Å²) in [6.07, 6.45) is 5.44.